The van der Waals surface area contributed by atoms with Gasteiger partial charge < -0.3 is 0 Å². The topological polar surface area (TPSA) is 36.7 Å². The Hall–Kier alpha value is -1.73. The average molecular weight is 204 g/mol. The van der Waals surface area contributed by atoms with Crippen molar-refractivity contribution < 1.29 is 4.39 Å². The molecule has 0 fully saturated rings. The standard InChI is InChI=1S/C10H5FN2S/c11-7-5-9(14-10(7)6-12)8-3-1-2-4-13-8/h1-5H. The first-order chi connectivity index (χ1) is 6.81. The predicted molar refractivity (Wildman–Crippen MR) is 52.2 cm³/mol. The second-order valence-corrected chi connectivity index (χ2v) is 3.67. The highest BCUT2D eigenvalue weighted by Gasteiger charge is 2.09. The monoisotopic (exact) mass is 204 g/mol. The molecule has 0 atom stereocenters. The van der Waals surface area contributed by atoms with Gasteiger partial charge in [-0.3, -0.25) is 4.98 Å². The van der Waals surface area contributed by atoms with Gasteiger partial charge in [-0.2, -0.15) is 5.26 Å². The van der Waals surface area contributed by atoms with Crippen LogP contribution in [0.4, 0.5) is 4.39 Å². The van der Waals surface area contributed by atoms with E-state index in [2.05, 4.69) is 4.98 Å². The van der Waals surface area contributed by atoms with Gasteiger partial charge in [0.05, 0.1) is 10.6 Å². The van der Waals surface area contributed by atoms with E-state index >= 15 is 0 Å². The second-order valence-electron chi connectivity index (χ2n) is 2.61. The number of nitrogens with zero attached hydrogens (tertiary/aromatic N) is 2. The van der Waals surface area contributed by atoms with E-state index in [1.54, 1.807) is 24.4 Å². The third-order valence-corrected chi connectivity index (χ3v) is 2.74. The maximum Gasteiger partial charge on any atom is 0.152 e. The van der Waals surface area contributed by atoms with E-state index in [0.29, 0.717) is 10.6 Å². The average Bonchev–Trinajstić information content (AvgIpc) is 2.61. The fraction of sp³-hybridized carbons (Fsp3) is 0. The zero-order valence-corrected chi connectivity index (χ0v) is 7.88. The minimum absolute atomic E-state index is 0.102. The third kappa shape index (κ3) is 1.50. The van der Waals surface area contributed by atoms with E-state index in [9.17, 15) is 4.39 Å². The van der Waals surface area contributed by atoms with Gasteiger partial charge >= 0.3 is 0 Å². The summed E-state index contributed by atoms with van der Waals surface area (Å²) in [6.45, 7) is 0. The van der Waals surface area contributed by atoms with E-state index in [0.717, 1.165) is 11.3 Å². The smallest absolute Gasteiger partial charge is 0.152 e. The summed E-state index contributed by atoms with van der Waals surface area (Å²) in [5, 5.41) is 8.58. The number of hydrogen-bond acceptors (Lipinski definition) is 3. The maximum absolute atomic E-state index is 13.1. The SMILES string of the molecule is N#Cc1sc(-c2ccccn2)cc1F. The first-order valence-corrected chi connectivity index (χ1v) is 4.74. The van der Waals surface area contributed by atoms with Crippen molar-refractivity contribution >= 4 is 11.3 Å². The van der Waals surface area contributed by atoms with Gasteiger partial charge in [-0.15, -0.1) is 11.3 Å². The van der Waals surface area contributed by atoms with Crippen LogP contribution >= 0.6 is 11.3 Å². The van der Waals surface area contributed by atoms with E-state index in [1.807, 2.05) is 6.07 Å². The van der Waals surface area contributed by atoms with Crippen LogP contribution in [0.15, 0.2) is 30.5 Å². The van der Waals surface area contributed by atoms with Crippen molar-refractivity contribution in [1.29, 1.82) is 5.26 Å². The van der Waals surface area contributed by atoms with Crippen molar-refractivity contribution in [3.05, 3.63) is 41.2 Å². The van der Waals surface area contributed by atoms with E-state index in [1.165, 1.54) is 6.07 Å². The van der Waals surface area contributed by atoms with Crippen LogP contribution in [0.1, 0.15) is 4.88 Å². The van der Waals surface area contributed by atoms with Crippen molar-refractivity contribution in [1.82, 2.24) is 4.98 Å². The second kappa shape index (κ2) is 3.56. The number of rotatable bonds is 1. The molecule has 0 amide bonds. The summed E-state index contributed by atoms with van der Waals surface area (Å²) in [6.07, 6.45) is 1.64. The molecule has 2 rings (SSSR count). The van der Waals surface area contributed by atoms with Gasteiger partial charge in [0.2, 0.25) is 0 Å². The number of nitriles is 1. The fourth-order valence-electron chi connectivity index (χ4n) is 1.08. The van der Waals surface area contributed by atoms with Crippen LogP contribution in [0.5, 0.6) is 0 Å². The van der Waals surface area contributed by atoms with Gasteiger partial charge in [0.1, 0.15) is 10.9 Å². The molecular formula is C10H5FN2S. The molecule has 0 aliphatic carbocycles. The molecule has 0 N–H and O–H groups in total. The summed E-state index contributed by atoms with van der Waals surface area (Å²) < 4.78 is 13.1. The zero-order chi connectivity index (χ0) is 9.97. The molecular weight excluding hydrogens is 199 g/mol. The van der Waals surface area contributed by atoms with E-state index in [4.69, 9.17) is 5.26 Å². The lowest BCUT2D eigenvalue weighted by Gasteiger charge is -1.92. The molecule has 2 heterocycles. The van der Waals surface area contributed by atoms with Crippen molar-refractivity contribution in [2.75, 3.05) is 0 Å². The van der Waals surface area contributed by atoms with Gasteiger partial charge in [-0.1, -0.05) is 6.07 Å². The zero-order valence-electron chi connectivity index (χ0n) is 7.07. The highest BCUT2D eigenvalue weighted by molar-refractivity contribution is 7.16. The van der Waals surface area contributed by atoms with E-state index < -0.39 is 5.82 Å². The van der Waals surface area contributed by atoms with Gasteiger partial charge in [-0.25, -0.2) is 4.39 Å². The Morgan fingerprint density at radius 3 is 2.86 bits per heavy atom. The molecule has 0 unspecified atom stereocenters. The number of aromatic nitrogens is 1. The molecule has 0 saturated carbocycles. The molecule has 0 aliphatic heterocycles. The van der Waals surface area contributed by atoms with Crippen molar-refractivity contribution in [3.8, 4) is 16.6 Å². The summed E-state index contributed by atoms with van der Waals surface area (Å²) >= 11 is 1.11. The van der Waals surface area contributed by atoms with Gasteiger partial charge in [0, 0.05) is 6.20 Å². The van der Waals surface area contributed by atoms with Crippen molar-refractivity contribution in [3.63, 3.8) is 0 Å². The molecule has 0 saturated heterocycles. The Bertz CT molecular complexity index is 485. The lowest BCUT2D eigenvalue weighted by Crippen LogP contribution is -1.75. The van der Waals surface area contributed by atoms with Crippen LogP contribution in [0, 0.1) is 17.1 Å². The normalized spacial score (nSPS) is 9.71. The van der Waals surface area contributed by atoms with Gasteiger partial charge in [0.15, 0.2) is 5.82 Å². The Labute approximate surface area is 84.3 Å². The lowest BCUT2D eigenvalue weighted by atomic mass is 10.3. The van der Waals surface area contributed by atoms with Crippen LogP contribution in [0.2, 0.25) is 0 Å². The largest absolute Gasteiger partial charge is 0.255 e. The molecule has 0 aliphatic rings. The van der Waals surface area contributed by atoms with E-state index in [-0.39, 0.29) is 4.88 Å². The Morgan fingerprint density at radius 2 is 2.29 bits per heavy atom. The van der Waals surface area contributed by atoms with Gasteiger partial charge in [0.25, 0.3) is 0 Å². The molecule has 0 bridgehead atoms. The number of pyridine rings is 1. The van der Waals surface area contributed by atoms with Gasteiger partial charge in [-0.05, 0) is 18.2 Å². The lowest BCUT2D eigenvalue weighted by molar-refractivity contribution is 0.630. The highest BCUT2D eigenvalue weighted by atomic mass is 32.1. The maximum atomic E-state index is 13.1. The minimum atomic E-state index is -0.474. The van der Waals surface area contributed by atoms with Crippen LogP contribution in [-0.4, -0.2) is 4.98 Å². The molecule has 68 valence electrons. The predicted octanol–water partition coefficient (Wildman–Crippen LogP) is 2.82. The highest BCUT2D eigenvalue weighted by Crippen LogP contribution is 2.28. The quantitative estimate of drug-likeness (QED) is 0.716. The van der Waals surface area contributed by atoms with Crippen LogP contribution < -0.4 is 0 Å². The third-order valence-electron chi connectivity index (χ3n) is 1.71. The summed E-state index contributed by atoms with van der Waals surface area (Å²) in [4.78, 5) is 4.85. The van der Waals surface area contributed by atoms with Crippen molar-refractivity contribution in [2.24, 2.45) is 0 Å². The molecule has 2 nitrogen and oxygen atoms in total. The summed E-state index contributed by atoms with van der Waals surface area (Å²) in [5.74, 6) is -0.474. The first kappa shape index (κ1) is 8.85. The summed E-state index contributed by atoms with van der Waals surface area (Å²) in [6, 6.07) is 8.54. The number of halogens is 1. The number of hydrogen-bond donors (Lipinski definition) is 0. The molecule has 4 heteroatoms. The Morgan fingerprint density at radius 1 is 1.43 bits per heavy atom. The summed E-state index contributed by atoms with van der Waals surface area (Å²) in [7, 11) is 0. The van der Waals surface area contributed by atoms with Crippen LogP contribution in [-0.2, 0) is 0 Å². The van der Waals surface area contributed by atoms with Crippen LogP contribution in [0.25, 0.3) is 10.6 Å². The Kier molecular flexibility index (Phi) is 2.25. The molecule has 2 aromatic rings. The summed E-state index contributed by atoms with van der Waals surface area (Å²) in [5.41, 5.74) is 0.693. The molecule has 0 radical (unpaired) electrons. The molecule has 0 spiro atoms. The van der Waals surface area contributed by atoms with Crippen molar-refractivity contribution in [2.45, 2.75) is 0 Å². The number of thiophene rings is 1. The molecule has 2 aromatic heterocycles. The van der Waals surface area contributed by atoms with Crippen LogP contribution in [0.3, 0.4) is 0 Å². The first-order valence-electron chi connectivity index (χ1n) is 3.92. The molecule has 0 aromatic carbocycles. The Balaban J connectivity index is 2.50. The molecule has 14 heavy (non-hydrogen) atoms. The fourth-order valence-corrected chi connectivity index (χ4v) is 1.89. The minimum Gasteiger partial charge on any atom is -0.255 e.